The van der Waals surface area contributed by atoms with E-state index >= 15 is 0 Å². The van der Waals surface area contributed by atoms with E-state index in [2.05, 4.69) is 5.32 Å². The normalized spacial score (nSPS) is 12.0. The van der Waals surface area contributed by atoms with Crippen LogP contribution in [0.1, 0.15) is 13.8 Å². The van der Waals surface area contributed by atoms with Crippen LogP contribution in [0.3, 0.4) is 0 Å². The van der Waals surface area contributed by atoms with Crippen molar-refractivity contribution in [3.8, 4) is 6.07 Å². The van der Waals surface area contributed by atoms with Gasteiger partial charge in [-0.1, -0.05) is 13.8 Å². The number of amides is 1. The minimum Gasteiger partial charge on any atom is -0.322 e. The summed E-state index contributed by atoms with van der Waals surface area (Å²) in [7, 11) is 0. The molecule has 1 atom stereocenters. The smallest absolute Gasteiger partial charge is 0.242 e. The van der Waals surface area contributed by atoms with Crippen molar-refractivity contribution in [1.82, 2.24) is 0 Å². The molecule has 1 amide bonds. The molecule has 0 fully saturated rings. The van der Waals surface area contributed by atoms with Crippen molar-refractivity contribution in [3.05, 3.63) is 29.8 Å². The molecule has 0 heterocycles. The van der Waals surface area contributed by atoms with Crippen LogP contribution in [0.5, 0.6) is 0 Å². The summed E-state index contributed by atoms with van der Waals surface area (Å²) in [5, 5.41) is 11.1. The lowest BCUT2D eigenvalue weighted by molar-refractivity contribution is -0.119. The van der Waals surface area contributed by atoms with Crippen LogP contribution >= 0.6 is 0 Å². The lowest BCUT2D eigenvalue weighted by Crippen LogP contribution is -2.26. The van der Waals surface area contributed by atoms with Crippen LogP contribution in [-0.2, 0) is 4.79 Å². The van der Waals surface area contributed by atoms with Crippen LogP contribution in [0.4, 0.5) is 14.5 Å². The third-order valence-electron chi connectivity index (χ3n) is 2.28. The Labute approximate surface area is 98.1 Å². The number of carbonyl (C=O) groups is 1. The summed E-state index contributed by atoms with van der Waals surface area (Å²) in [5.41, 5.74) is -0.127. The fourth-order valence-corrected chi connectivity index (χ4v) is 1.31. The van der Waals surface area contributed by atoms with Crippen molar-refractivity contribution in [1.29, 1.82) is 5.26 Å². The topological polar surface area (TPSA) is 52.9 Å². The highest BCUT2D eigenvalue weighted by molar-refractivity contribution is 5.94. The molecular weight excluding hydrogens is 226 g/mol. The molecule has 0 spiro atoms. The van der Waals surface area contributed by atoms with E-state index in [1.807, 2.05) is 6.07 Å². The molecule has 0 saturated carbocycles. The summed E-state index contributed by atoms with van der Waals surface area (Å²) in [4.78, 5) is 11.6. The molecule has 0 bridgehead atoms. The standard InChI is InChI=1S/C12H12F2N2O/c1-7(2)9(6-15)12(17)16-11-4-3-8(13)5-10(11)14/h3-5,7,9H,1-2H3,(H,16,17). The van der Waals surface area contributed by atoms with Crippen LogP contribution < -0.4 is 5.32 Å². The molecule has 1 aromatic rings. The molecule has 0 radical (unpaired) electrons. The third kappa shape index (κ3) is 3.25. The quantitative estimate of drug-likeness (QED) is 0.880. The zero-order valence-electron chi connectivity index (χ0n) is 9.50. The van der Waals surface area contributed by atoms with Crippen molar-refractivity contribution < 1.29 is 13.6 Å². The van der Waals surface area contributed by atoms with E-state index in [0.717, 1.165) is 12.1 Å². The van der Waals surface area contributed by atoms with Crippen LogP contribution in [0.25, 0.3) is 0 Å². The first-order valence-corrected chi connectivity index (χ1v) is 5.11. The number of benzene rings is 1. The monoisotopic (exact) mass is 238 g/mol. The Hall–Kier alpha value is -1.96. The van der Waals surface area contributed by atoms with Gasteiger partial charge in [0.2, 0.25) is 5.91 Å². The largest absolute Gasteiger partial charge is 0.322 e. The number of anilines is 1. The number of nitrogens with one attached hydrogen (secondary N) is 1. The second-order valence-electron chi connectivity index (χ2n) is 3.96. The summed E-state index contributed by atoms with van der Waals surface area (Å²) in [6.45, 7) is 3.43. The van der Waals surface area contributed by atoms with E-state index in [1.165, 1.54) is 0 Å². The molecule has 0 aliphatic carbocycles. The maximum atomic E-state index is 13.2. The third-order valence-corrected chi connectivity index (χ3v) is 2.28. The van der Waals surface area contributed by atoms with Crippen molar-refractivity contribution in [3.63, 3.8) is 0 Å². The number of nitrogens with zero attached hydrogens (tertiary/aromatic N) is 1. The van der Waals surface area contributed by atoms with Gasteiger partial charge < -0.3 is 5.32 Å². The molecule has 1 unspecified atom stereocenters. The molecule has 0 aliphatic heterocycles. The Morgan fingerprint density at radius 3 is 2.53 bits per heavy atom. The first kappa shape index (κ1) is 13.1. The summed E-state index contributed by atoms with van der Waals surface area (Å²) in [6, 6.07) is 4.68. The highest BCUT2D eigenvalue weighted by Gasteiger charge is 2.22. The van der Waals surface area contributed by atoms with Gasteiger partial charge in [0.1, 0.15) is 17.6 Å². The zero-order valence-corrected chi connectivity index (χ0v) is 9.50. The highest BCUT2D eigenvalue weighted by Crippen LogP contribution is 2.18. The predicted octanol–water partition coefficient (Wildman–Crippen LogP) is 2.70. The highest BCUT2D eigenvalue weighted by atomic mass is 19.1. The van der Waals surface area contributed by atoms with E-state index in [-0.39, 0.29) is 11.6 Å². The lowest BCUT2D eigenvalue weighted by Gasteiger charge is -2.13. The average Bonchev–Trinajstić information content (AvgIpc) is 2.22. The second-order valence-corrected chi connectivity index (χ2v) is 3.96. The van der Waals surface area contributed by atoms with Crippen molar-refractivity contribution >= 4 is 11.6 Å². The van der Waals surface area contributed by atoms with E-state index < -0.39 is 23.5 Å². The molecule has 0 aliphatic rings. The van der Waals surface area contributed by atoms with E-state index in [0.29, 0.717) is 6.07 Å². The molecule has 0 saturated heterocycles. The number of halogens is 2. The second kappa shape index (κ2) is 5.39. The number of carbonyl (C=O) groups excluding carboxylic acids is 1. The van der Waals surface area contributed by atoms with Crippen molar-refractivity contribution in [2.75, 3.05) is 5.32 Å². The molecule has 17 heavy (non-hydrogen) atoms. The summed E-state index contributed by atoms with van der Waals surface area (Å²) < 4.78 is 25.9. The maximum Gasteiger partial charge on any atom is 0.242 e. The summed E-state index contributed by atoms with van der Waals surface area (Å²) >= 11 is 0. The van der Waals surface area contributed by atoms with Gasteiger partial charge in [-0.3, -0.25) is 4.79 Å². The van der Waals surface area contributed by atoms with Crippen LogP contribution in [-0.4, -0.2) is 5.91 Å². The van der Waals surface area contributed by atoms with Crippen molar-refractivity contribution in [2.45, 2.75) is 13.8 Å². The minimum atomic E-state index is -0.862. The number of nitriles is 1. The molecule has 1 N–H and O–H groups in total. The van der Waals surface area contributed by atoms with Gasteiger partial charge in [0.05, 0.1) is 11.8 Å². The SMILES string of the molecule is CC(C)C(C#N)C(=O)Nc1ccc(F)cc1F. The van der Waals surface area contributed by atoms with E-state index in [9.17, 15) is 13.6 Å². The summed E-state index contributed by atoms with van der Waals surface area (Å²) in [6.07, 6.45) is 0. The Morgan fingerprint density at radius 2 is 2.06 bits per heavy atom. The predicted molar refractivity (Wildman–Crippen MR) is 58.9 cm³/mol. The lowest BCUT2D eigenvalue weighted by atomic mass is 9.96. The van der Waals surface area contributed by atoms with Gasteiger partial charge in [-0.2, -0.15) is 5.26 Å². The first-order valence-electron chi connectivity index (χ1n) is 5.11. The van der Waals surface area contributed by atoms with Gasteiger partial charge >= 0.3 is 0 Å². The van der Waals surface area contributed by atoms with Gasteiger partial charge in [0.15, 0.2) is 0 Å². The zero-order chi connectivity index (χ0) is 13.0. The molecule has 0 aromatic heterocycles. The van der Waals surface area contributed by atoms with E-state index in [4.69, 9.17) is 5.26 Å². The van der Waals surface area contributed by atoms with Crippen LogP contribution in [0.15, 0.2) is 18.2 Å². The van der Waals surface area contributed by atoms with Gasteiger partial charge in [-0.25, -0.2) is 8.78 Å². The Morgan fingerprint density at radius 1 is 1.41 bits per heavy atom. The van der Waals surface area contributed by atoms with Crippen molar-refractivity contribution in [2.24, 2.45) is 11.8 Å². The molecule has 90 valence electrons. The van der Waals surface area contributed by atoms with Crippen LogP contribution in [0, 0.1) is 34.8 Å². The van der Waals surface area contributed by atoms with Crippen LogP contribution in [0.2, 0.25) is 0 Å². The van der Waals surface area contributed by atoms with E-state index in [1.54, 1.807) is 13.8 Å². The Balaban J connectivity index is 2.85. The molecule has 5 heteroatoms. The average molecular weight is 238 g/mol. The fraction of sp³-hybridized carbons (Fsp3) is 0.333. The first-order chi connectivity index (χ1) is 7.95. The maximum absolute atomic E-state index is 13.2. The Bertz CT molecular complexity index is 466. The summed E-state index contributed by atoms with van der Waals surface area (Å²) in [5.74, 6) is -3.21. The number of hydrogen-bond acceptors (Lipinski definition) is 2. The van der Waals surface area contributed by atoms with Gasteiger partial charge in [0, 0.05) is 6.07 Å². The molecule has 3 nitrogen and oxygen atoms in total. The fourth-order valence-electron chi connectivity index (χ4n) is 1.31. The number of hydrogen-bond donors (Lipinski definition) is 1. The minimum absolute atomic E-state index is 0.127. The molecule has 1 rings (SSSR count). The Kier molecular flexibility index (Phi) is 4.16. The van der Waals surface area contributed by atoms with Gasteiger partial charge in [-0.05, 0) is 18.1 Å². The molecule has 1 aromatic carbocycles. The number of rotatable bonds is 3. The molecular formula is C12H12F2N2O. The van der Waals surface area contributed by atoms with Gasteiger partial charge in [-0.15, -0.1) is 0 Å². The van der Waals surface area contributed by atoms with Gasteiger partial charge in [0.25, 0.3) is 0 Å².